The summed E-state index contributed by atoms with van der Waals surface area (Å²) >= 11 is 0. The highest BCUT2D eigenvalue weighted by atomic mass is 16.3. The highest BCUT2D eigenvalue weighted by Crippen LogP contribution is 2.50. The van der Waals surface area contributed by atoms with Crippen LogP contribution in [0.3, 0.4) is 0 Å². The first-order valence-corrected chi connectivity index (χ1v) is 16.3. The number of nitrogens with zero attached hydrogens (tertiary/aromatic N) is 4. The quantitative estimate of drug-likeness (QED) is 0.194. The second kappa shape index (κ2) is 9.86. The molecule has 49 heavy (non-hydrogen) atoms. The van der Waals surface area contributed by atoms with Crippen molar-refractivity contribution in [2.45, 2.75) is 0 Å². The van der Waals surface area contributed by atoms with Gasteiger partial charge in [-0.25, -0.2) is 4.98 Å². The Hall–Kier alpha value is -6.79. The van der Waals surface area contributed by atoms with Gasteiger partial charge >= 0.3 is 0 Å². The first-order valence-electron chi connectivity index (χ1n) is 16.3. The Morgan fingerprint density at radius 2 is 0.857 bits per heavy atom. The molecule has 0 saturated carbocycles. The lowest BCUT2D eigenvalue weighted by Gasteiger charge is -2.32. The maximum absolute atomic E-state index is 6.30. The first kappa shape index (κ1) is 26.3. The Kier molecular flexibility index (Phi) is 5.29. The zero-order valence-electron chi connectivity index (χ0n) is 26.0. The molecule has 6 heteroatoms. The van der Waals surface area contributed by atoms with Crippen molar-refractivity contribution in [2.75, 3.05) is 4.90 Å². The van der Waals surface area contributed by atoms with Gasteiger partial charge in [0.05, 0.1) is 11.4 Å². The van der Waals surface area contributed by atoms with Gasteiger partial charge in [0.15, 0.2) is 11.6 Å². The molecular weight excluding hydrogens is 604 g/mol. The maximum atomic E-state index is 6.30. The molecule has 228 valence electrons. The molecule has 10 aromatic rings. The van der Waals surface area contributed by atoms with Crippen molar-refractivity contribution in [1.29, 1.82) is 0 Å². The van der Waals surface area contributed by atoms with Crippen LogP contribution in [0.2, 0.25) is 0 Å². The zero-order chi connectivity index (χ0) is 32.1. The van der Waals surface area contributed by atoms with Gasteiger partial charge in [0.25, 0.3) is 0 Å². The molecule has 1 aliphatic rings. The van der Waals surface area contributed by atoms with Gasteiger partial charge in [-0.15, -0.1) is 0 Å². The first-order chi connectivity index (χ1) is 24.3. The molecule has 0 spiro atoms. The average molecular weight is 629 g/mol. The van der Waals surface area contributed by atoms with Crippen LogP contribution in [0.25, 0.3) is 88.6 Å². The van der Waals surface area contributed by atoms with Crippen LogP contribution in [0, 0.1) is 0 Å². The van der Waals surface area contributed by atoms with Gasteiger partial charge in [-0.3, -0.25) is 4.90 Å². The van der Waals surface area contributed by atoms with Crippen molar-refractivity contribution in [3.63, 3.8) is 0 Å². The molecule has 6 nitrogen and oxygen atoms in total. The number of anilines is 3. The van der Waals surface area contributed by atoms with E-state index in [9.17, 15) is 0 Å². The Morgan fingerprint density at radius 1 is 0.367 bits per heavy atom. The van der Waals surface area contributed by atoms with E-state index < -0.39 is 0 Å². The van der Waals surface area contributed by atoms with Crippen molar-refractivity contribution in [3.8, 4) is 33.9 Å². The lowest BCUT2D eigenvalue weighted by atomic mass is 9.91. The average Bonchev–Trinajstić information content (AvgIpc) is 3.74. The summed E-state index contributed by atoms with van der Waals surface area (Å²) in [4.78, 5) is 18.1. The van der Waals surface area contributed by atoms with E-state index in [1.54, 1.807) is 0 Å². The van der Waals surface area contributed by atoms with Gasteiger partial charge in [-0.1, -0.05) is 109 Å². The summed E-state index contributed by atoms with van der Waals surface area (Å²) in [7, 11) is 0. The number of rotatable bonds is 3. The SMILES string of the molecule is c1ccc2c(c1)-c1cccc3cccc(c13)N2c1nc(-c2cccc3oc4ccccc4c23)nc(-c2cccc3oc4ccccc4c23)n1. The van der Waals surface area contributed by atoms with Gasteiger partial charge in [0, 0.05) is 43.6 Å². The summed E-state index contributed by atoms with van der Waals surface area (Å²) in [6.07, 6.45) is 0. The fourth-order valence-corrected chi connectivity index (χ4v) is 7.60. The highest BCUT2D eigenvalue weighted by molar-refractivity contribution is 6.15. The summed E-state index contributed by atoms with van der Waals surface area (Å²) in [6.45, 7) is 0. The van der Waals surface area contributed by atoms with Crippen molar-refractivity contribution >= 4 is 72.0 Å². The number of aromatic nitrogens is 3. The normalized spacial score (nSPS) is 12.4. The smallest absolute Gasteiger partial charge is 0.238 e. The lowest BCUT2D eigenvalue weighted by molar-refractivity contribution is 0.668. The zero-order valence-corrected chi connectivity index (χ0v) is 26.0. The minimum Gasteiger partial charge on any atom is -0.456 e. The van der Waals surface area contributed by atoms with Crippen LogP contribution in [-0.4, -0.2) is 15.0 Å². The number of benzene rings is 7. The van der Waals surface area contributed by atoms with E-state index in [0.717, 1.165) is 82.7 Å². The molecule has 0 radical (unpaired) electrons. The van der Waals surface area contributed by atoms with Crippen molar-refractivity contribution in [2.24, 2.45) is 0 Å². The van der Waals surface area contributed by atoms with Gasteiger partial charge in [0.2, 0.25) is 5.95 Å². The number of hydrogen-bond donors (Lipinski definition) is 0. The van der Waals surface area contributed by atoms with E-state index in [4.69, 9.17) is 23.8 Å². The summed E-state index contributed by atoms with van der Waals surface area (Å²) in [5.74, 6) is 1.65. The molecule has 0 saturated heterocycles. The fourth-order valence-electron chi connectivity index (χ4n) is 7.60. The summed E-state index contributed by atoms with van der Waals surface area (Å²) < 4.78 is 12.6. The topological polar surface area (TPSA) is 68.2 Å². The molecular formula is C43H24N4O2. The van der Waals surface area contributed by atoms with Crippen molar-refractivity contribution < 1.29 is 8.83 Å². The predicted octanol–water partition coefficient (Wildman–Crippen LogP) is 11.6. The number of fused-ring (bicyclic) bond motifs is 8. The molecule has 0 atom stereocenters. The van der Waals surface area contributed by atoms with E-state index in [1.165, 1.54) is 5.56 Å². The molecule has 3 aromatic heterocycles. The van der Waals surface area contributed by atoms with Crippen LogP contribution in [0.4, 0.5) is 17.3 Å². The molecule has 7 aromatic carbocycles. The van der Waals surface area contributed by atoms with E-state index in [2.05, 4.69) is 89.8 Å². The van der Waals surface area contributed by atoms with E-state index in [-0.39, 0.29) is 0 Å². The van der Waals surface area contributed by atoms with Crippen molar-refractivity contribution in [1.82, 2.24) is 15.0 Å². The molecule has 0 N–H and O–H groups in total. The fraction of sp³-hybridized carbons (Fsp3) is 0. The molecule has 0 fully saturated rings. The molecule has 0 amide bonds. The van der Waals surface area contributed by atoms with Gasteiger partial charge in [-0.2, -0.15) is 9.97 Å². The Labute approximate surface area is 279 Å². The van der Waals surface area contributed by atoms with E-state index >= 15 is 0 Å². The minimum atomic E-state index is 0.532. The van der Waals surface area contributed by atoms with Crippen LogP contribution < -0.4 is 4.90 Å². The van der Waals surface area contributed by atoms with Gasteiger partial charge in [0.1, 0.15) is 22.3 Å². The van der Waals surface area contributed by atoms with E-state index in [1.807, 2.05) is 60.7 Å². The number of furan rings is 2. The molecule has 4 heterocycles. The summed E-state index contributed by atoms with van der Waals surface area (Å²) in [5.41, 5.74) is 9.31. The van der Waals surface area contributed by atoms with Gasteiger partial charge < -0.3 is 8.83 Å². The third-order valence-corrected chi connectivity index (χ3v) is 9.67. The summed E-state index contributed by atoms with van der Waals surface area (Å²) in [6, 6.07) is 49.7. The Balaban J connectivity index is 1.26. The minimum absolute atomic E-state index is 0.532. The van der Waals surface area contributed by atoms with Crippen LogP contribution in [-0.2, 0) is 0 Å². The van der Waals surface area contributed by atoms with Crippen LogP contribution in [0.15, 0.2) is 154 Å². The largest absolute Gasteiger partial charge is 0.456 e. The van der Waals surface area contributed by atoms with Crippen LogP contribution in [0.5, 0.6) is 0 Å². The van der Waals surface area contributed by atoms with Crippen molar-refractivity contribution in [3.05, 3.63) is 146 Å². The molecule has 0 bridgehead atoms. The number of hydrogen-bond acceptors (Lipinski definition) is 6. The monoisotopic (exact) mass is 628 g/mol. The third-order valence-electron chi connectivity index (χ3n) is 9.67. The molecule has 11 rings (SSSR count). The van der Waals surface area contributed by atoms with E-state index in [0.29, 0.717) is 17.6 Å². The second-order valence-electron chi connectivity index (χ2n) is 12.4. The summed E-state index contributed by atoms with van der Waals surface area (Å²) in [5, 5.41) is 6.30. The van der Waals surface area contributed by atoms with Crippen LogP contribution >= 0.6 is 0 Å². The second-order valence-corrected chi connectivity index (χ2v) is 12.4. The lowest BCUT2D eigenvalue weighted by Crippen LogP contribution is -2.18. The molecule has 1 aliphatic heterocycles. The molecule has 0 unspecified atom stereocenters. The maximum Gasteiger partial charge on any atom is 0.238 e. The Bertz CT molecular complexity index is 2840. The standard InChI is InChI=1S/C43H24N4O2/c1-4-19-32-26(13-1)27-16-7-11-25-12-8-20-33(38(25)27)47(32)43-45-41(30-17-9-23-36-39(30)28-14-2-5-21-34(28)48-36)44-42(46-43)31-18-10-24-37-40(31)29-15-3-6-22-35(29)49-37/h1-24H. The highest BCUT2D eigenvalue weighted by Gasteiger charge is 2.29. The van der Waals surface area contributed by atoms with Gasteiger partial charge in [-0.05, 0) is 47.3 Å². The number of para-hydroxylation sites is 3. The van der Waals surface area contributed by atoms with Crippen LogP contribution in [0.1, 0.15) is 0 Å². The third kappa shape index (κ3) is 3.74. The molecule has 0 aliphatic carbocycles. The Morgan fingerprint density at radius 3 is 1.53 bits per heavy atom. The predicted molar refractivity (Wildman–Crippen MR) is 196 cm³/mol.